The number of aliphatic carboxylic acids is 1. The minimum absolute atomic E-state index is 0. The Morgan fingerprint density at radius 3 is 1.30 bits per heavy atom. The molecule has 3 saturated heterocycles. The first-order valence-corrected chi connectivity index (χ1v) is 24.1. The lowest BCUT2D eigenvalue weighted by atomic mass is 9.54. The van der Waals surface area contributed by atoms with Crippen LogP contribution in [-0.4, -0.2) is 94.3 Å². The molecule has 0 aromatic carbocycles. The Morgan fingerprint density at radius 1 is 0.493 bits per heavy atom. The molecule has 6 bridgehead atoms. The zero-order valence-corrected chi connectivity index (χ0v) is 39.1. The number of aliphatic hydroxyl groups is 1. The van der Waals surface area contributed by atoms with Crippen LogP contribution in [0, 0.1) is 130 Å². The summed E-state index contributed by atoms with van der Waals surface area (Å²) < 4.78 is 33.4. The van der Waals surface area contributed by atoms with Gasteiger partial charge in [0.2, 0.25) is 0 Å². The molecule has 73 heavy (non-hydrogen) atoms. The Hall–Kier alpha value is -4.74. The molecule has 3 aliphatic heterocycles. The molecule has 6 aliphatic carbocycles. The van der Waals surface area contributed by atoms with Crippen molar-refractivity contribution in [3.8, 4) is 0 Å². The largest absolute Gasteiger partial charge is 0.481 e. The third-order valence-corrected chi connectivity index (χ3v) is 17.9. The van der Waals surface area contributed by atoms with Crippen molar-refractivity contribution in [1.82, 2.24) is 0 Å². The van der Waals surface area contributed by atoms with Gasteiger partial charge in [-0.15, -0.1) is 0 Å². The third kappa shape index (κ3) is 10.00. The monoisotopic (exact) mass is 1030 g/mol. The predicted octanol–water partition coefficient (Wildman–Crippen LogP) is 6.99. The molecule has 22 atom stereocenters. The Morgan fingerprint density at radius 2 is 0.877 bits per heavy atom. The first-order chi connectivity index (χ1) is 31.3. The van der Waals surface area contributed by atoms with Crippen LogP contribution < -0.4 is 0 Å². The molecule has 3 heterocycles. The average molecular weight is 1040 g/mol. The van der Waals surface area contributed by atoms with Crippen LogP contribution in [0.4, 0.5) is 0 Å². The molecule has 9 fully saturated rings. The van der Waals surface area contributed by atoms with E-state index in [1.165, 1.54) is 6.92 Å². The van der Waals surface area contributed by atoms with Crippen molar-refractivity contribution in [3.05, 3.63) is 0 Å². The molecule has 6 saturated carbocycles. The number of rotatable bonds is 11. The van der Waals surface area contributed by atoms with Gasteiger partial charge in [0.25, 0.3) is 0 Å². The summed E-state index contributed by atoms with van der Waals surface area (Å²) in [5.74, 6) is -26.7. The van der Waals surface area contributed by atoms with Crippen molar-refractivity contribution in [2.45, 2.75) is 143 Å². The zero-order chi connectivity index (χ0) is 48.7. The lowest BCUT2D eigenvalue weighted by Gasteiger charge is -2.46. The normalized spacial score (nSPS) is 41.4. The van der Waals surface area contributed by atoms with Gasteiger partial charge in [0, 0.05) is 0 Å². The lowest BCUT2D eigenvalue weighted by molar-refractivity contribution is -0.179. The molecule has 0 radical (unpaired) electrons. The fourth-order valence-corrected chi connectivity index (χ4v) is 16.3. The number of carbonyl (C=O) groups is 10. The molecule has 2 N–H and O–H groups in total. The lowest BCUT2D eigenvalue weighted by Crippen LogP contribution is -2.52. The minimum Gasteiger partial charge on any atom is -0.481 e. The molecule has 9 rings (SSSR count). The molecule has 414 valence electrons. The number of carbonyl (C=O) groups excluding carboxylic acids is 9. The van der Waals surface area contributed by atoms with Gasteiger partial charge in [-0.2, -0.15) is 0 Å². The number of aliphatic hydroxyl groups excluding tert-OH is 1. The minimum atomic E-state index is -1.33. The van der Waals surface area contributed by atoms with Gasteiger partial charge in [0.1, 0.15) is 17.8 Å². The maximum atomic E-state index is 14.6. The number of esters is 9. The number of cyclic esters (lactones) is 6. The van der Waals surface area contributed by atoms with Crippen molar-refractivity contribution < 1.29 is 86.6 Å². The highest BCUT2D eigenvalue weighted by molar-refractivity contribution is 6.00. The highest BCUT2D eigenvalue weighted by Crippen LogP contribution is 2.70. The summed E-state index contributed by atoms with van der Waals surface area (Å²) >= 11 is 0. The van der Waals surface area contributed by atoms with Gasteiger partial charge in [-0.3, -0.25) is 47.9 Å². The molecule has 18 heteroatoms. The predicted molar refractivity (Wildman–Crippen MR) is 262 cm³/mol. The van der Waals surface area contributed by atoms with Crippen LogP contribution in [0.5, 0.6) is 0 Å². The summed E-state index contributed by atoms with van der Waals surface area (Å²) in [6.07, 6.45) is 1.28. The molecule has 22 unspecified atom stereocenters. The van der Waals surface area contributed by atoms with Gasteiger partial charge in [-0.1, -0.05) is 58.4 Å². The van der Waals surface area contributed by atoms with E-state index in [0.717, 1.165) is 0 Å². The van der Waals surface area contributed by atoms with E-state index >= 15 is 0 Å². The second kappa shape index (κ2) is 21.8. The van der Waals surface area contributed by atoms with Gasteiger partial charge >= 0.3 is 59.7 Å². The molecule has 0 aromatic heterocycles. The smallest absolute Gasteiger partial charge is 0.317 e. The number of fused-ring (bicyclic) bond motifs is 6. The van der Waals surface area contributed by atoms with Crippen LogP contribution in [0.3, 0.4) is 0 Å². The fourth-order valence-electron chi connectivity index (χ4n) is 16.3. The summed E-state index contributed by atoms with van der Waals surface area (Å²) in [6.45, 7) is 13.0. The van der Waals surface area contributed by atoms with Crippen molar-refractivity contribution in [1.29, 1.82) is 0 Å². The first-order valence-electron chi connectivity index (χ1n) is 24.1. The SMILES string of the molecule is C.C.C.C.C.C.CC1C(=O)OC(=O)C1C1C2CC(CC2C(=O)O)C1C1C(=O)OC(=O)C1C1C2CC(CC2C(=O)OCCO)C1C1C(=O)OC(=O)C1C1C(C)C2CC1C(C(=O)OC(C)(C)C)C2C(=O)OC(C)(C)C. The Kier molecular flexibility index (Phi) is 18.7. The molecule has 9 aliphatic rings. The summed E-state index contributed by atoms with van der Waals surface area (Å²) in [7, 11) is 0. The van der Waals surface area contributed by atoms with Gasteiger partial charge in [0.15, 0.2) is 0 Å². The second-order valence-corrected chi connectivity index (χ2v) is 23.3. The van der Waals surface area contributed by atoms with Gasteiger partial charge in [-0.25, -0.2) is 0 Å². The van der Waals surface area contributed by atoms with Crippen molar-refractivity contribution in [2.24, 2.45) is 130 Å². The van der Waals surface area contributed by atoms with E-state index in [-0.39, 0.29) is 64.0 Å². The van der Waals surface area contributed by atoms with Gasteiger partial charge in [0.05, 0.1) is 65.8 Å². The van der Waals surface area contributed by atoms with Crippen molar-refractivity contribution in [2.75, 3.05) is 13.2 Å². The van der Waals surface area contributed by atoms with Gasteiger partial charge in [-0.05, 0) is 145 Å². The van der Waals surface area contributed by atoms with E-state index in [0.29, 0.717) is 19.3 Å². The van der Waals surface area contributed by atoms with Crippen molar-refractivity contribution >= 4 is 59.7 Å². The number of carboxylic acids is 1. The number of ether oxygens (including phenoxy) is 6. The van der Waals surface area contributed by atoms with E-state index in [1.54, 1.807) is 41.5 Å². The number of hydrogen-bond acceptors (Lipinski definition) is 17. The van der Waals surface area contributed by atoms with Crippen LogP contribution in [0.25, 0.3) is 0 Å². The molecular formula is C55H86O18. The molecule has 18 nitrogen and oxygen atoms in total. The summed E-state index contributed by atoms with van der Waals surface area (Å²) in [4.78, 5) is 139. The summed E-state index contributed by atoms with van der Waals surface area (Å²) in [5, 5.41) is 19.9. The van der Waals surface area contributed by atoms with E-state index in [4.69, 9.17) is 28.4 Å². The van der Waals surface area contributed by atoms with Crippen LogP contribution in [0.2, 0.25) is 0 Å². The highest BCUT2D eigenvalue weighted by Gasteiger charge is 2.74. The second-order valence-electron chi connectivity index (χ2n) is 23.3. The van der Waals surface area contributed by atoms with E-state index in [2.05, 4.69) is 0 Å². The maximum Gasteiger partial charge on any atom is 0.317 e. The summed E-state index contributed by atoms with van der Waals surface area (Å²) in [6, 6.07) is 0. The Labute approximate surface area is 431 Å². The zero-order valence-electron chi connectivity index (χ0n) is 39.1. The average Bonchev–Trinajstić information content (AvgIpc) is 4.10. The van der Waals surface area contributed by atoms with Crippen LogP contribution >= 0.6 is 0 Å². The number of hydrogen-bond donors (Lipinski definition) is 2. The van der Waals surface area contributed by atoms with Gasteiger partial charge < -0.3 is 38.6 Å². The first kappa shape index (κ1) is 62.6. The molecule has 0 spiro atoms. The van der Waals surface area contributed by atoms with Crippen LogP contribution in [0.15, 0.2) is 0 Å². The van der Waals surface area contributed by atoms with E-state index < -0.39 is 208 Å². The van der Waals surface area contributed by atoms with Crippen LogP contribution in [-0.2, 0) is 76.4 Å². The molecule has 0 amide bonds. The third-order valence-electron chi connectivity index (χ3n) is 17.9. The fraction of sp³-hybridized carbons (Fsp3) is 0.818. The molecule has 0 aromatic rings. The standard InChI is InChI=1S/C49H62O18.6CH4/c1-16-20-15-25(33(47(61)67-49(6,7)8)32(20)46(60)66-48(3,4)5)26(16)34-35(43(57)64-42(34)56)29-19-12-22(24(14-19)40(54)62-10-9-50)31(29)37-36(44(58)65-45(37)59)28-18-11-21(23(13-18)38(51)52)30(28)27-17(2)39(53)63-41(27)55;;;;;;/h16-37,50H,9-15H2,1-8H3,(H,51,52);6*1H4. The van der Waals surface area contributed by atoms with E-state index in [9.17, 15) is 58.2 Å². The maximum absolute atomic E-state index is 14.6. The topological polar surface area (TPSA) is 267 Å². The quantitative estimate of drug-likeness (QED) is 0.120. The van der Waals surface area contributed by atoms with E-state index in [1.807, 2.05) is 6.92 Å². The van der Waals surface area contributed by atoms with Crippen LogP contribution in [0.1, 0.15) is 132 Å². The Balaban J connectivity index is 0.00000234. The van der Waals surface area contributed by atoms with Crippen molar-refractivity contribution in [3.63, 3.8) is 0 Å². The highest BCUT2D eigenvalue weighted by atomic mass is 16.6. The summed E-state index contributed by atoms with van der Waals surface area (Å²) in [5.41, 5.74) is -1.81. The molecular weight excluding hydrogens is 949 g/mol. The Bertz CT molecular complexity index is 2190. The number of carboxylic acid groups (broad SMARTS) is 1.